The van der Waals surface area contributed by atoms with Gasteiger partial charge in [-0.05, 0) is 0 Å². The average molecular weight is 623 g/mol. The average Bonchev–Trinajstić information content (AvgIpc) is 3.35. The van der Waals surface area contributed by atoms with Crippen molar-refractivity contribution in [2.75, 3.05) is 46.4 Å². The largest absolute Gasteiger partial charge is 0.756 e. The van der Waals surface area contributed by atoms with E-state index in [4.69, 9.17) is 29.0 Å². The zero-order valence-corrected chi connectivity index (χ0v) is 23.5. The number of hydrogen-bond donors (Lipinski definition) is 2. The van der Waals surface area contributed by atoms with E-state index in [-0.39, 0.29) is 25.9 Å². The maximum atomic E-state index is 12.4. The molecule has 0 aromatic carbocycles. The molecule has 4 atom stereocenters. The van der Waals surface area contributed by atoms with E-state index in [0.717, 1.165) is 17.7 Å². The lowest BCUT2D eigenvalue weighted by Crippen LogP contribution is -2.33. The van der Waals surface area contributed by atoms with E-state index in [9.17, 15) is 28.5 Å². The summed E-state index contributed by atoms with van der Waals surface area (Å²) in [6, 6.07) is 1.10. The first-order valence-corrected chi connectivity index (χ1v) is 14.4. The highest BCUT2D eigenvalue weighted by Crippen LogP contribution is 2.40. The number of hydrogen-bond acceptors (Lipinski definition) is 17. The maximum Gasteiger partial charge on any atom is 0.330 e. The first-order valence-electron chi connectivity index (χ1n) is 11.5. The van der Waals surface area contributed by atoms with Gasteiger partial charge < -0.3 is 47.8 Å². The molecule has 0 saturated heterocycles. The van der Waals surface area contributed by atoms with Crippen molar-refractivity contribution >= 4 is 32.6 Å². The fraction of sp³-hybridized carbons (Fsp3) is 0.526. The molecule has 0 aliphatic carbocycles. The van der Waals surface area contributed by atoms with Crippen LogP contribution in [0.4, 0.5) is 5.82 Å². The first kappa shape index (κ1) is 32.6. The number of ether oxygens (including phenoxy) is 3. The lowest BCUT2D eigenvalue weighted by atomic mass is 10.4. The summed E-state index contributed by atoms with van der Waals surface area (Å²) in [4.78, 5) is 61.0. The standard InChI is InChI=1S/C19H29N7O13P2/c1-33-5-13(35-11-25-4-3-15(27)24-19(25)28)6-38-41(31,32)39-8-14(7-37-40(29,30)34-2)36-12-26-10-23-16-17(20)21-9-22-18(16)26/h3-4,9-10,13-14H,5-8,11-12H2,1-2H3,(H,29,30)(H,31,32)(H2,20,21,22)(H,24,27,28)/p-2/t13-,14+/m1/s1. The molecule has 3 heterocycles. The molecular weight excluding hydrogens is 596 g/mol. The Bertz CT molecular complexity index is 1500. The van der Waals surface area contributed by atoms with Crippen LogP contribution >= 0.6 is 15.6 Å². The van der Waals surface area contributed by atoms with E-state index < -0.39 is 58.9 Å². The van der Waals surface area contributed by atoms with Crippen LogP contribution in [0.3, 0.4) is 0 Å². The number of aromatic nitrogens is 6. The zero-order chi connectivity index (χ0) is 30.0. The Balaban J connectivity index is 1.59. The van der Waals surface area contributed by atoms with Crippen LogP contribution in [0.15, 0.2) is 34.5 Å². The van der Waals surface area contributed by atoms with Gasteiger partial charge in [0.05, 0.1) is 32.8 Å². The Labute approximate surface area is 231 Å². The predicted molar refractivity (Wildman–Crippen MR) is 133 cm³/mol. The number of nitrogen functional groups attached to an aromatic ring is 1. The fourth-order valence-corrected chi connectivity index (χ4v) is 4.22. The van der Waals surface area contributed by atoms with Crippen LogP contribution in [0, 0.1) is 0 Å². The highest BCUT2D eigenvalue weighted by atomic mass is 31.2. The van der Waals surface area contributed by atoms with E-state index in [1.54, 1.807) is 0 Å². The van der Waals surface area contributed by atoms with Crippen molar-refractivity contribution in [2.45, 2.75) is 25.7 Å². The molecule has 3 aromatic rings. The smallest absolute Gasteiger partial charge is 0.330 e. The topological polar surface area (TPSA) is 269 Å². The molecule has 3 aromatic heterocycles. The SMILES string of the molecule is COC[C@H](COP(=O)([O-])OC[C@H](COP(=O)([O-])OC)OCn1cnc2c(N)ncnc21)OCn1ccc(=O)[nH]c1=O. The normalized spacial score (nSPS) is 16.3. The third-order valence-electron chi connectivity index (χ3n) is 5.06. The van der Waals surface area contributed by atoms with Gasteiger partial charge in [-0.3, -0.25) is 28.0 Å². The lowest BCUT2D eigenvalue weighted by Gasteiger charge is -2.28. The summed E-state index contributed by atoms with van der Waals surface area (Å²) in [6.45, 7) is -2.73. The van der Waals surface area contributed by atoms with Crippen LogP contribution in [0.1, 0.15) is 0 Å². The summed E-state index contributed by atoms with van der Waals surface area (Å²) < 4.78 is 61.1. The highest BCUT2D eigenvalue weighted by Gasteiger charge is 2.21. The lowest BCUT2D eigenvalue weighted by molar-refractivity contribution is -0.233. The van der Waals surface area contributed by atoms with Crippen molar-refractivity contribution in [3.8, 4) is 0 Å². The molecule has 0 aliphatic rings. The van der Waals surface area contributed by atoms with Crippen LogP contribution < -0.4 is 26.8 Å². The Morgan fingerprint density at radius 1 is 0.927 bits per heavy atom. The van der Waals surface area contributed by atoms with Crippen molar-refractivity contribution in [3.05, 3.63) is 45.8 Å². The van der Waals surface area contributed by atoms with Gasteiger partial charge in [-0.2, -0.15) is 0 Å². The van der Waals surface area contributed by atoms with E-state index in [1.807, 2.05) is 4.98 Å². The molecule has 41 heavy (non-hydrogen) atoms. The van der Waals surface area contributed by atoms with Crippen molar-refractivity contribution in [1.82, 2.24) is 29.1 Å². The van der Waals surface area contributed by atoms with E-state index in [0.29, 0.717) is 11.2 Å². The number of H-pyrrole nitrogens is 1. The summed E-state index contributed by atoms with van der Waals surface area (Å²) in [5.41, 5.74) is 5.00. The molecule has 3 rings (SSSR count). The molecular formula is C19H27N7O13P2-2. The predicted octanol–water partition coefficient (Wildman–Crippen LogP) is -2.08. The van der Waals surface area contributed by atoms with Crippen molar-refractivity contribution < 1.29 is 51.2 Å². The fourth-order valence-electron chi connectivity index (χ4n) is 3.00. The van der Waals surface area contributed by atoms with Gasteiger partial charge in [0.25, 0.3) is 21.2 Å². The second-order valence-electron chi connectivity index (χ2n) is 7.98. The number of phosphoric acid groups is 2. The molecule has 3 N–H and O–H groups in total. The highest BCUT2D eigenvalue weighted by molar-refractivity contribution is 7.46. The Morgan fingerprint density at radius 3 is 2.15 bits per heavy atom. The summed E-state index contributed by atoms with van der Waals surface area (Å²) in [5, 5.41) is 0. The minimum absolute atomic E-state index is 0.121. The van der Waals surface area contributed by atoms with E-state index in [2.05, 4.69) is 24.0 Å². The molecule has 2 unspecified atom stereocenters. The first-order chi connectivity index (χ1) is 19.4. The van der Waals surface area contributed by atoms with Gasteiger partial charge in [0.15, 0.2) is 11.5 Å². The third-order valence-corrected chi connectivity index (χ3v) is 6.90. The quantitative estimate of drug-likeness (QED) is 0.144. The van der Waals surface area contributed by atoms with E-state index >= 15 is 0 Å². The summed E-state index contributed by atoms with van der Waals surface area (Å²) in [6.07, 6.45) is 1.48. The molecule has 22 heteroatoms. The number of rotatable bonds is 18. The minimum atomic E-state index is -5.01. The zero-order valence-electron chi connectivity index (χ0n) is 21.7. The molecule has 0 aliphatic heterocycles. The number of anilines is 1. The molecule has 0 saturated carbocycles. The summed E-state index contributed by atoms with van der Waals surface area (Å²) >= 11 is 0. The second kappa shape index (κ2) is 14.9. The molecule has 0 radical (unpaired) electrons. The van der Waals surface area contributed by atoms with Gasteiger partial charge >= 0.3 is 5.69 Å². The van der Waals surface area contributed by atoms with Gasteiger partial charge in [0.2, 0.25) is 0 Å². The van der Waals surface area contributed by atoms with Crippen molar-refractivity contribution in [2.24, 2.45) is 0 Å². The number of nitrogens with one attached hydrogen (secondary N) is 1. The van der Waals surface area contributed by atoms with Crippen molar-refractivity contribution in [1.29, 1.82) is 0 Å². The molecule has 0 amide bonds. The Kier molecular flexibility index (Phi) is 11.8. The number of nitrogens with two attached hydrogens (primary N) is 1. The van der Waals surface area contributed by atoms with Crippen molar-refractivity contribution in [3.63, 3.8) is 0 Å². The Hall–Kier alpha value is -2.87. The molecule has 228 valence electrons. The number of nitrogens with zero attached hydrogens (tertiary/aromatic N) is 5. The van der Waals surface area contributed by atoms with Crippen LogP contribution in [0.25, 0.3) is 11.2 Å². The molecule has 0 bridgehead atoms. The molecule has 0 spiro atoms. The number of phosphoric ester groups is 2. The summed E-state index contributed by atoms with van der Waals surface area (Å²) in [5.74, 6) is 0.121. The minimum Gasteiger partial charge on any atom is -0.756 e. The van der Waals surface area contributed by atoms with Gasteiger partial charge in [-0.15, -0.1) is 0 Å². The van der Waals surface area contributed by atoms with Crippen LogP contribution in [-0.2, 0) is 54.9 Å². The number of imidazole rings is 1. The Morgan fingerprint density at radius 2 is 1.54 bits per heavy atom. The van der Waals surface area contributed by atoms with Gasteiger partial charge in [-0.1, -0.05) is 0 Å². The molecule has 0 fully saturated rings. The number of aromatic amines is 1. The van der Waals surface area contributed by atoms with Gasteiger partial charge in [0.1, 0.15) is 37.5 Å². The van der Waals surface area contributed by atoms with Gasteiger partial charge in [0, 0.05) is 26.5 Å². The maximum absolute atomic E-state index is 12.4. The third kappa shape index (κ3) is 10.2. The monoisotopic (exact) mass is 623 g/mol. The van der Waals surface area contributed by atoms with Crippen LogP contribution in [-0.4, -0.2) is 81.9 Å². The van der Waals surface area contributed by atoms with Crippen LogP contribution in [0.5, 0.6) is 0 Å². The molecule has 20 nitrogen and oxygen atoms in total. The van der Waals surface area contributed by atoms with Gasteiger partial charge in [-0.25, -0.2) is 19.7 Å². The number of fused-ring (bicyclic) bond motifs is 1. The second-order valence-corrected chi connectivity index (χ2v) is 10.9. The number of methoxy groups -OCH3 is 1. The summed E-state index contributed by atoms with van der Waals surface area (Å²) in [7, 11) is -7.48. The van der Waals surface area contributed by atoms with E-state index in [1.165, 1.54) is 30.5 Å². The van der Waals surface area contributed by atoms with Crippen LogP contribution in [0.2, 0.25) is 0 Å².